The molecule has 26 heavy (non-hydrogen) atoms. The van der Waals surface area contributed by atoms with Gasteiger partial charge in [-0.15, -0.1) is 10.2 Å². The van der Waals surface area contributed by atoms with Crippen LogP contribution in [-0.4, -0.2) is 32.0 Å². The lowest BCUT2D eigenvalue weighted by atomic mass is 10.3. The Kier molecular flexibility index (Phi) is 4.74. The van der Waals surface area contributed by atoms with Crippen LogP contribution in [0.15, 0.2) is 51.8 Å². The first-order valence-corrected chi connectivity index (χ1v) is 9.26. The molecule has 0 spiro atoms. The normalized spacial score (nSPS) is 11.1. The molecule has 0 saturated carbocycles. The summed E-state index contributed by atoms with van der Waals surface area (Å²) < 4.78 is 7.55. The molecule has 0 aliphatic heterocycles. The van der Waals surface area contributed by atoms with Crippen LogP contribution < -0.4 is 5.32 Å². The van der Waals surface area contributed by atoms with E-state index in [0.29, 0.717) is 37.6 Å². The standard InChI is InChI=1S/C18H17N5O2S/c24-16(4-5-17-21-22-18(25-17)13-7-10-26-12-13)19-8-6-14-11-23-9-2-1-3-15(23)20-14/h1-3,7,9-12H,4-6,8H2,(H,19,24). The highest BCUT2D eigenvalue weighted by Gasteiger charge is 2.11. The summed E-state index contributed by atoms with van der Waals surface area (Å²) in [5.41, 5.74) is 2.77. The van der Waals surface area contributed by atoms with Gasteiger partial charge < -0.3 is 14.1 Å². The van der Waals surface area contributed by atoms with Gasteiger partial charge in [0.2, 0.25) is 17.7 Å². The fourth-order valence-electron chi connectivity index (χ4n) is 2.60. The van der Waals surface area contributed by atoms with Crippen molar-refractivity contribution < 1.29 is 9.21 Å². The predicted molar refractivity (Wildman–Crippen MR) is 97.8 cm³/mol. The summed E-state index contributed by atoms with van der Waals surface area (Å²) in [7, 11) is 0. The smallest absolute Gasteiger partial charge is 0.248 e. The number of nitrogens with zero attached hydrogens (tertiary/aromatic N) is 4. The number of fused-ring (bicyclic) bond motifs is 1. The van der Waals surface area contributed by atoms with Crippen molar-refractivity contribution >= 4 is 22.9 Å². The van der Waals surface area contributed by atoms with Crippen molar-refractivity contribution in [2.24, 2.45) is 0 Å². The van der Waals surface area contributed by atoms with Gasteiger partial charge in [0.15, 0.2) is 0 Å². The first-order chi connectivity index (χ1) is 12.8. The minimum absolute atomic E-state index is 0.0379. The molecule has 132 valence electrons. The predicted octanol–water partition coefficient (Wildman–Crippen LogP) is 2.74. The molecule has 4 aromatic rings. The number of imidazole rings is 1. The fraction of sp³-hybridized carbons (Fsp3) is 0.222. The van der Waals surface area contributed by atoms with Crippen LogP contribution in [0, 0.1) is 0 Å². The van der Waals surface area contributed by atoms with Crippen molar-refractivity contribution in [3.63, 3.8) is 0 Å². The van der Waals surface area contributed by atoms with Crippen molar-refractivity contribution in [1.29, 1.82) is 0 Å². The van der Waals surface area contributed by atoms with Gasteiger partial charge in [0.1, 0.15) is 5.65 Å². The van der Waals surface area contributed by atoms with Crippen molar-refractivity contribution in [2.45, 2.75) is 19.3 Å². The van der Waals surface area contributed by atoms with Crippen molar-refractivity contribution in [3.05, 3.63) is 59.0 Å². The van der Waals surface area contributed by atoms with Crippen LogP contribution in [0.1, 0.15) is 18.0 Å². The van der Waals surface area contributed by atoms with Gasteiger partial charge in [0.05, 0.1) is 5.69 Å². The van der Waals surface area contributed by atoms with Gasteiger partial charge in [-0.25, -0.2) is 4.98 Å². The molecule has 0 aliphatic carbocycles. The topological polar surface area (TPSA) is 85.3 Å². The zero-order valence-corrected chi connectivity index (χ0v) is 14.8. The molecular weight excluding hydrogens is 350 g/mol. The van der Waals surface area contributed by atoms with E-state index in [1.807, 2.05) is 51.8 Å². The maximum Gasteiger partial charge on any atom is 0.248 e. The van der Waals surface area contributed by atoms with Crippen LogP contribution in [0.3, 0.4) is 0 Å². The number of carbonyl (C=O) groups is 1. The average Bonchev–Trinajstić information content (AvgIpc) is 3.38. The van der Waals surface area contributed by atoms with Crippen LogP contribution in [0.5, 0.6) is 0 Å². The molecule has 7 nitrogen and oxygen atoms in total. The Morgan fingerprint density at radius 1 is 1.23 bits per heavy atom. The Bertz CT molecular complexity index is 973. The zero-order valence-electron chi connectivity index (χ0n) is 14.0. The van der Waals surface area contributed by atoms with E-state index in [9.17, 15) is 4.79 Å². The highest BCUT2D eigenvalue weighted by Crippen LogP contribution is 2.20. The second-order valence-corrected chi connectivity index (χ2v) is 6.59. The van der Waals surface area contributed by atoms with Crippen molar-refractivity contribution in [1.82, 2.24) is 24.9 Å². The number of hydrogen-bond donors (Lipinski definition) is 1. The molecule has 0 fully saturated rings. The number of aromatic nitrogens is 4. The van der Waals surface area contributed by atoms with Crippen LogP contribution in [0.4, 0.5) is 0 Å². The van der Waals surface area contributed by atoms with Gasteiger partial charge in [0.25, 0.3) is 0 Å². The highest BCUT2D eigenvalue weighted by molar-refractivity contribution is 7.08. The quantitative estimate of drug-likeness (QED) is 0.543. The minimum atomic E-state index is -0.0379. The molecule has 1 N–H and O–H groups in total. The Morgan fingerprint density at radius 2 is 2.19 bits per heavy atom. The van der Waals surface area contributed by atoms with Gasteiger partial charge >= 0.3 is 0 Å². The van der Waals surface area contributed by atoms with E-state index in [-0.39, 0.29) is 5.91 Å². The van der Waals surface area contributed by atoms with E-state index in [1.54, 1.807) is 11.3 Å². The summed E-state index contributed by atoms with van der Waals surface area (Å²) >= 11 is 1.57. The molecule has 0 saturated heterocycles. The lowest BCUT2D eigenvalue weighted by molar-refractivity contribution is -0.121. The number of amides is 1. The Labute approximate surface area is 153 Å². The third-order valence-corrected chi connectivity index (χ3v) is 4.60. The number of aryl methyl sites for hydroxylation is 1. The number of rotatable bonds is 7. The average molecular weight is 367 g/mol. The Balaban J connectivity index is 1.23. The molecule has 4 aromatic heterocycles. The third-order valence-electron chi connectivity index (χ3n) is 3.92. The first-order valence-electron chi connectivity index (χ1n) is 8.32. The highest BCUT2D eigenvalue weighted by atomic mass is 32.1. The summed E-state index contributed by atoms with van der Waals surface area (Å²) in [6, 6.07) is 7.79. The first kappa shape index (κ1) is 16.5. The SMILES string of the molecule is O=C(CCc1nnc(-c2ccsc2)o1)NCCc1cn2ccccc2n1. The van der Waals surface area contributed by atoms with Gasteiger partial charge in [-0.2, -0.15) is 11.3 Å². The molecule has 8 heteroatoms. The van der Waals surface area contributed by atoms with E-state index >= 15 is 0 Å². The molecule has 0 aliphatic rings. The summed E-state index contributed by atoms with van der Waals surface area (Å²) in [5, 5.41) is 14.8. The van der Waals surface area contributed by atoms with Crippen molar-refractivity contribution in [3.8, 4) is 11.5 Å². The van der Waals surface area contributed by atoms with E-state index < -0.39 is 0 Å². The van der Waals surface area contributed by atoms with Gasteiger partial charge in [-0.1, -0.05) is 6.07 Å². The van der Waals surface area contributed by atoms with Crippen LogP contribution >= 0.6 is 11.3 Å². The van der Waals surface area contributed by atoms with E-state index in [2.05, 4.69) is 20.5 Å². The number of nitrogens with one attached hydrogen (secondary N) is 1. The number of carbonyl (C=O) groups excluding carboxylic acids is 1. The van der Waals surface area contributed by atoms with Crippen LogP contribution in [0.2, 0.25) is 0 Å². The maximum absolute atomic E-state index is 12.0. The molecule has 0 unspecified atom stereocenters. The van der Waals surface area contributed by atoms with E-state index in [4.69, 9.17) is 4.42 Å². The van der Waals surface area contributed by atoms with Crippen molar-refractivity contribution in [2.75, 3.05) is 6.54 Å². The van der Waals surface area contributed by atoms with Gasteiger partial charge in [-0.05, 0) is 23.6 Å². The fourth-order valence-corrected chi connectivity index (χ4v) is 3.23. The van der Waals surface area contributed by atoms with Crippen LogP contribution in [-0.2, 0) is 17.6 Å². The molecule has 0 aromatic carbocycles. The molecule has 0 radical (unpaired) electrons. The lowest BCUT2D eigenvalue weighted by Crippen LogP contribution is -2.26. The second kappa shape index (κ2) is 7.49. The lowest BCUT2D eigenvalue weighted by Gasteiger charge is -2.02. The number of hydrogen-bond acceptors (Lipinski definition) is 6. The van der Waals surface area contributed by atoms with E-state index in [1.165, 1.54) is 0 Å². The Morgan fingerprint density at radius 3 is 3.04 bits per heavy atom. The molecule has 0 bridgehead atoms. The summed E-state index contributed by atoms with van der Waals surface area (Å²) in [4.78, 5) is 16.5. The summed E-state index contributed by atoms with van der Waals surface area (Å²) in [6.45, 7) is 0.548. The van der Waals surface area contributed by atoms with Gasteiger partial charge in [0, 0.05) is 49.1 Å². The number of thiophene rings is 1. The monoisotopic (exact) mass is 367 g/mol. The van der Waals surface area contributed by atoms with Crippen LogP contribution in [0.25, 0.3) is 17.1 Å². The minimum Gasteiger partial charge on any atom is -0.421 e. The molecule has 0 atom stereocenters. The second-order valence-electron chi connectivity index (χ2n) is 5.81. The molecule has 4 heterocycles. The third kappa shape index (κ3) is 3.80. The van der Waals surface area contributed by atoms with Gasteiger partial charge in [-0.3, -0.25) is 4.79 Å². The number of pyridine rings is 1. The zero-order chi connectivity index (χ0) is 17.8. The molecule has 1 amide bonds. The maximum atomic E-state index is 12.0. The molecule has 4 rings (SSSR count). The molecular formula is C18H17N5O2S. The Hall–Kier alpha value is -3.00. The van der Waals surface area contributed by atoms with E-state index in [0.717, 1.165) is 16.9 Å². The largest absolute Gasteiger partial charge is 0.421 e. The summed E-state index contributed by atoms with van der Waals surface area (Å²) in [6.07, 6.45) is 5.37. The summed E-state index contributed by atoms with van der Waals surface area (Å²) in [5.74, 6) is 0.930.